The van der Waals surface area contributed by atoms with Crippen LogP contribution in [-0.2, 0) is 49.7 Å². The average molecular weight is 1280 g/mol. The van der Waals surface area contributed by atoms with Crippen molar-refractivity contribution < 1.29 is 70.2 Å². The third kappa shape index (κ3) is 8.42. The minimum atomic E-state index is -6.00. The van der Waals surface area contributed by atoms with E-state index in [1.165, 1.54) is 73.5 Å². The number of fused-ring (bicyclic) bond motifs is 24. The van der Waals surface area contributed by atoms with Crippen molar-refractivity contribution in [1.82, 2.24) is 0 Å². The summed E-state index contributed by atoms with van der Waals surface area (Å²) in [5.74, 6) is -1.15. The summed E-state index contributed by atoms with van der Waals surface area (Å²) in [7, 11) is -12.8. The van der Waals surface area contributed by atoms with Gasteiger partial charge in [-0.1, -0.05) is 170 Å². The van der Waals surface area contributed by atoms with Crippen LogP contribution in [0.5, 0.6) is 11.5 Å². The van der Waals surface area contributed by atoms with Crippen molar-refractivity contribution >= 4 is 66.9 Å². The zero-order valence-corrected chi connectivity index (χ0v) is 52.4. The lowest BCUT2D eigenvalue weighted by molar-refractivity contribution is -0.0504. The van der Waals surface area contributed by atoms with E-state index in [0.717, 1.165) is 51.4 Å². The van der Waals surface area contributed by atoms with E-state index >= 15 is 0 Å². The maximum atomic E-state index is 13.2. The minimum absolute atomic E-state index is 0.314. The van der Waals surface area contributed by atoms with Gasteiger partial charge in [-0.25, -0.2) is 0 Å². The highest BCUT2D eigenvalue weighted by Crippen LogP contribution is 2.66. The number of alkyl halides is 6. The molecule has 4 aliphatic carbocycles. The molecule has 0 bridgehead atoms. The summed E-state index contributed by atoms with van der Waals surface area (Å²) >= 11 is 0. The largest absolute Gasteiger partial charge is 0.534 e. The van der Waals surface area contributed by atoms with E-state index in [2.05, 4.69) is 161 Å². The smallest absolute Gasteiger partial charge is 0.399 e. The van der Waals surface area contributed by atoms with E-state index in [-0.39, 0.29) is 0 Å². The van der Waals surface area contributed by atoms with Gasteiger partial charge in [0.05, 0.1) is 33.2 Å². The molecular weight excluding hydrogens is 1220 g/mol. The Balaban J connectivity index is 0.000000153. The molecule has 0 N–H and O–H groups in total. The summed E-state index contributed by atoms with van der Waals surface area (Å²) in [5, 5.41) is 3.21. The molecule has 2 fully saturated rings. The summed E-state index contributed by atoms with van der Waals surface area (Å²) in [5.41, 5.74) is 2.93. The Bertz CT molecular complexity index is 4960. The first-order valence-electron chi connectivity index (χ1n) is 29.9. The number of rotatable bonds is 6. The van der Waals surface area contributed by atoms with Crippen LogP contribution in [0.15, 0.2) is 194 Å². The van der Waals surface area contributed by atoms with Gasteiger partial charge in [0.15, 0.2) is 0 Å². The maximum absolute atomic E-state index is 13.2. The molecule has 2 heterocycles. The van der Waals surface area contributed by atoms with Crippen LogP contribution in [0.2, 0.25) is 0 Å². The highest BCUT2D eigenvalue weighted by Gasteiger charge is 2.58. The van der Waals surface area contributed by atoms with Gasteiger partial charge in [0.1, 0.15) is 11.5 Å². The van der Waals surface area contributed by atoms with E-state index in [9.17, 15) is 43.2 Å². The molecule has 20 heteroatoms. The minimum Gasteiger partial charge on any atom is -0.399 e. The predicted octanol–water partition coefficient (Wildman–Crippen LogP) is 15.4. The molecule has 10 nitrogen and oxygen atoms in total. The topological polar surface area (TPSA) is 124 Å². The van der Waals surface area contributed by atoms with Gasteiger partial charge in [-0.3, -0.25) is 0 Å². The molecule has 0 amide bonds. The standard InChI is InChI=1S/C41H40B2O4.C31H16F6O6S2/c1-37(2)38(3,4)45-42(44-37)26-18-21-28-25(23-26)17-20-32-31-22-19-27(43-46-39(5,6)40(7,8)47-43)24-35(31)41(36(28)32)33-15-11-9-13-29(33)30-14-10-12-16-34(30)41;32-30(33,34)44(38,39)42-18-10-13-20-17(15-18)9-12-24-23-14-11-19(43-45(40,41)31(35,36)37)16-27(23)29(28(20)24)25-7-3-1-5-21(25)22-6-2-4-8-26(22)29/h9-24H,1-8H3;1-16H. The van der Waals surface area contributed by atoms with Crippen molar-refractivity contribution in [3.05, 3.63) is 239 Å². The van der Waals surface area contributed by atoms with Crippen molar-refractivity contribution in [2.75, 3.05) is 0 Å². The molecule has 0 aromatic heterocycles. The van der Waals surface area contributed by atoms with Crippen molar-refractivity contribution in [2.24, 2.45) is 0 Å². The zero-order chi connectivity index (χ0) is 64.9. The van der Waals surface area contributed by atoms with Crippen molar-refractivity contribution in [1.29, 1.82) is 0 Å². The lowest BCUT2D eigenvalue weighted by Gasteiger charge is -2.32. The summed E-state index contributed by atoms with van der Waals surface area (Å²) in [4.78, 5) is 0. The summed E-state index contributed by atoms with van der Waals surface area (Å²) < 4.78 is 161. The van der Waals surface area contributed by atoms with Crippen LogP contribution in [0.4, 0.5) is 26.3 Å². The van der Waals surface area contributed by atoms with Crippen molar-refractivity contribution in [3.63, 3.8) is 0 Å². The second-order valence-corrected chi connectivity index (χ2v) is 29.3. The first-order chi connectivity index (χ1) is 43.3. The number of hydrogen-bond donors (Lipinski definition) is 0. The molecule has 2 aliphatic heterocycles. The molecule has 0 unspecified atom stereocenters. The van der Waals surface area contributed by atoms with Gasteiger partial charge >= 0.3 is 45.5 Å². The highest BCUT2D eigenvalue weighted by atomic mass is 32.2. The first kappa shape index (κ1) is 60.0. The number of hydrogen-bond acceptors (Lipinski definition) is 10. The lowest BCUT2D eigenvalue weighted by atomic mass is 9.67. The Hall–Kier alpha value is -8.23. The summed E-state index contributed by atoms with van der Waals surface area (Å²) in [6.07, 6.45) is 0. The molecule has 16 rings (SSSR count). The lowest BCUT2D eigenvalue weighted by Crippen LogP contribution is -2.41. The second-order valence-electron chi connectivity index (χ2n) is 26.2. The fourth-order valence-electron chi connectivity index (χ4n) is 14.7. The van der Waals surface area contributed by atoms with Gasteiger partial charge in [-0.2, -0.15) is 43.2 Å². The molecule has 0 atom stereocenters. The molecule has 2 saturated heterocycles. The Kier molecular flexibility index (Phi) is 12.8. The molecule has 464 valence electrons. The van der Waals surface area contributed by atoms with Crippen LogP contribution < -0.4 is 19.3 Å². The van der Waals surface area contributed by atoms with Crippen molar-refractivity contribution in [3.8, 4) is 56.0 Å². The van der Waals surface area contributed by atoms with E-state index in [4.69, 9.17) is 18.6 Å². The Morgan fingerprint density at radius 3 is 1.05 bits per heavy atom. The second kappa shape index (κ2) is 19.7. The molecule has 2 spiro atoms. The fraction of sp³-hybridized carbons (Fsp3) is 0.222. The summed E-state index contributed by atoms with van der Waals surface area (Å²) in [6.45, 7) is 16.9. The van der Waals surface area contributed by atoms with Gasteiger partial charge in [-0.05, 0) is 201 Å². The Labute approximate surface area is 528 Å². The SMILES string of the molecule is CC1(C)OB(c2ccc3c(c2)C2(c4ccccc4-c4ccccc42)c2c-3ccc3cc(B4OC(C)(C)C(C)(C)O4)ccc23)OC1(C)C.O=S(=O)(Oc1ccc2c(c1)C1(c3ccccc3-c3ccccc31)c1c-2ccc2cc(OS(=O)(=O)C(F)(F)F)ccc12)C(F)(F)F. The van der Waals surface area contributed by atoms with Crippen molar-refractivity contribution in [2.45, 2.75) is 99.6 Å². The molecule has 0 radical (unpaired) electrons. The monoisotopic (exact) mass is 1280 g/mol. The molecule has 0 saturated carbocycles. The molecule has 92 heavy (non-hydrogen) atoms. The van der Waals surface area contributed by atoms with Gasteiger partial charge in [0, 0.05) is 0 Å². The zero-order valence-electron chi connectivity index (χ0n) is 50.8. The fourth-order valence-corrected chi connectivity index (χ4v) is 15.6. The third-order valence-electron chi connectivity index (χ3n) is 20.1. The van der Waals surface area contributed by atoms with Crippen LogP contribution in [0.25, 0.3) is 66.1 Å². The van der Waals surface area contributed by atoms with Crippen LogP contribution in [-0.4, -0.2) is 64.5 Å². The Morgan fingerprint density at radius 2 is 0.641 bits per heavy atom. The maximum Gasteiger partial charge on any atom is 0.534 e. The van der Waals surface area contributed by atoms with E-state index < -0.39 is 90.2 Å². The normalized spacial score (nSPS) is 18.4. The average Bonchev–Trinajstić information content (AvgIpc) is 1.51. The predicted molar refractivity (Wildman–Crippen MR) is 343 cm³/mol. The Morgan fingerprint density at radius 1 is 0.337 bits per heavy atom. The van der Waals surface area contributed by atoms with Crippen LogP contribution >= 0.6 is 0 Å². The first-order valence-corrected chi connectivity index (χ1v) is 32.7. The van der Waals surface area contributed by atoms with Gasteiger partial charge in [0.25, 0.3) is 0 Å². The van der Waals surface area contributed by atoms with E-state index in [1.54, 1.807) is 24.3 Å². The quantitative estimate of drug-likeness (QED) is 0.0688. The third-order valence-corrected chi connectivity index (χ3v) is 22.1. The van der Waals surface area contributed by atoms with E-state index in [0.29, 0.717) is 33.0 Å². The van der Waals surface area contributed by atoms with Gasteiger partial charge < -0.3 is 27.0 Å². The van der Waals surface area contributed by atoms with Gasteiger partial charge in [0.2, 0.25) is 0 Å². The number of halogens is 6. The molecule has 6 aliphatic rings. The summed E-state index contributed by atoms with van der Waals surface area (Å²) in [6, 6.07) is 61.3. The number of benzene rings is 10. The van der Waals surface area contributed by atoms with E-state index in [1.807, 2.05) is 36.4 Å². The highest BCUT2D eigenvalue weighted by molar-refractivity contribution is 7.88. The molecule has 10 aromatic carbocycles. The van der Waals surface area contributed by atoms with Crippen LogP contribution in [0.1, 0.15) is 99.9 Å². The van der Waals surface area contributed by atoms with Crippen LogP contribution in [0.3, 0.4) is 0 Å². The van der Waals surface area contributed by atoms with Gasteiger partial charge in [-0.15, -0.1) is 0 Å². The van der Waals surface area contributed by atoms with Crippen LogP contribution in [0, 0.1) is 0 Å². The molecule has 10 aromatic rings. The molecular formula is C72H56B2F6O10S2.